The number of carbonyl (C=O) groups is 1. The number of fused-ring (bicyclic) bond motifs is 2. The van der Waals surface area contributed by atoms with E-state index in [-0.39, 0.29) is 0 Å². The van der Waals surface area contributed by atoms with Gasteiger partial charge in [0.05, 0.1) is 0 Å². The van der Waals surface area contributed by atoms with E-state index in [4.69, 9.17) is 5.11 Å². The van der Waals surface area contributed by atoms with Crippen molar-refractivity contribution in [2.75, 3.05) is 6.54 Å². The lowest BCUT2D eigenvalue weighted by molar-refractivity contribution is -0.139. The van der Waals surface area contributed by atoms with Gasteiger partial charge in [-0.15, -0.1) is 0 Å². The van der Waals surface area contributed by atoms with E-state index in [0.717, 1.165) is 35.0 Å². The molecule has 3 N–H and O–H groups in total. The van der Waals surface area contributed by atoms with Crippen molar-refractivity contribution in [3.05, 3.63) is 35.5 Å². The standard InChI is InChI=1S/C12H12N2O2/c15-12(16)11-9-6-10-8(2-3-13-10)5-7(9)1-4-14-11/h2-3,5-6,11,13-14H,1,4H2,(H,15,16). The van der Waals surface area contributed by atoms with Gasteiger partial charge in [0.25, 0.3) is 0 Å². The monoisotopic (exact) mass is 216 g/mol. The van der Waals surface area contributed by atoms with Gasteiger partial charge in [0, 0.05) is 18.3 Å². The van der Waals surface area contributed by atoms with Crippen LogP contribution in [0.25, 0.3) is 10.9 Å². The number of hydrogen-bond donors (Lipinski definition) is 3. The number of carboxylic acid groups (broad SMARTS) is 1. The summed E-state index contributed by atoms with van der Waals surface area (Å²) in [5, 5.41) is 13.3. The molecule has 4 nitrogen and oxygen atoms in total. The van der Waals surface area contributed by atoms with Crippen molar-refractivity contribution in [1.29, 1.82) is 0 Å². The molecule has 1 atom stereocenters. The third-order valence-corrected chi connectivity index (χ3v) is 3.11. The molecule has 0 bridgehead atoms. The molecule has 1 aromatic carbocycles. The molecule has 1 aromatic heterocycles. The molecule has 0 aliphatic carbocycles. The van der Waals surface area contributed by atoms with Crippen molar-refractivity contribution in [3.8, 4) is 0 Å². The number of carboxylic acids is 1. The van der Waals surface area contributed by atoms with Crippen molar-refractivity contribution in [1.82, 2.24) is 10.3 Å². The fraction of sp³-hybridized carbons (Fsp3) is 0.250. The number of benzene rings is 1. The van der Waals surface area contributed by atoms with Gasteiger partial charge >= 0.3 is 5.97 Å². The smallest absolute Gasteiger partial charge is 0.325 e. The molecule has 82 valence electrons. The molecule has 0 radical (unpaired) electrons. The molecule has 0 saturated heterocycles. The minimum atomic E-state index is -0.813. The number of nitrogens with one attached hydrogen (secondary N) is 2. The molecule has 1 aliphatic heterocycles. The Morgan fingerprint density at radius 3 is 3.12 bits per heavy atom. The molecule has 2 aromatic rings. The Balaban J connectivity index is 2.21. The quantitative estimate of drug-likeness (QED) is 0.675. The molecule has 0 amide bonds. The van der Waals surface area contributed by atoms with E-state index in [1.54, 1.807) is 0 Å². The predicted octanol–water partition coefficient (Wildman–Crippen LogP) is 1.44. The second-order valence-corrected chi connectivity index (χ2v) is 4.09. The molecule has 0 fully saturated rings. The van der Waals surface area contributed by atoms with E-state index >= 15 is 0 Å². The van der Waals surface area contributed by atoms with E-state index in [1.165, 1.54) is 0 Å². The number of rotatable bonds is 1. The van der Waals surface area contributed by atoms with Crippen molar-refractivity contribution in [2.24, 2.45) is 0 Å². The molecule has 0 saturated carbocycles. The number of aromatic nitrogens is 1. The van der Waals surface area contributed by atoms with Crippen LogP contribution in [0.1, 0.15) is 17.2 Å². The average molecular weight is 216 g/mol. The first-order valence-electron chi connectivity index (χ1n) is 5.32. The maximum absolute atomic E-state index is 11.1. The first kappa shape index (κ1) is 9.42. The fourth-order valence-electron chi connectivity index (χ4n) is 2.33. The third-order valence-electron chi connectivity index (χ3n) is 3.11. The molecule has 1 unspecified atom stereocenters. The van der Waals surface area contributed by atoms with Gasteiger partial charge in [0.2, 0.25) is 0 Å². The summed E-state index contributed by atoms with van der Waals surface area (Å²) < 4.78 is 0. The molecular weight excluding hydrogens is 204 g/mol. The van der Waals surface area contributed by atoms with Gasteiger partial charge in [-0.25, -0.2) is 0 Å². The average Bonchev–Trinajstić information content (AvgIpc) is 2.71. The minimum absolute atomic E-state index is 0.573. The van der Waals surface area contributed by atoms with Crippen LogP contribution in [0.3, 0.4) is 0 Å². The fourth-order valence-corrected chi connectivity index (χ4v) is 2.33. The van der Waals surface area contributed by atoms with Gasteiger partial charge in [-0.3, -0.25) is 4.79 Å². The Hall–Kier alpha value is -1.81. The Labute approximate surface area is 92.3 Å². The highest BCUT2D eigenvalue weighted by Crippen LogP contribution is 2.27. The van der Waals surface area contributed by atoms with Crippen LogP contribution in [0.4, 0.5) is 0 Å². The van der Waals surface area contributed by atoms with Crippen LogP contribution < -0.4 is 5.32 Å². The van der Waals surface area contributed by atoms with E-state index in [2.05, 4.69) is 16.4 Å². The lowest BCUT2D eigenvalue weighted by Crippen LogP contribution is -2.34. The molecule has 3 rings (SSSR count). The third kappa shape index (κ3) is 1.31. The molecule has 16 heavy (non-hydrogen) atoms. The molecule has 2 heterocycles. The predicted molar refractivity (Wildman–Crippen MR) is 60.4 cm³/mol. The first-order chi connectivity index (χ1) is 7.75. The van der Waals surface area contributed by atoms with Gasteiger partial charge in [-0.1, -0.05) is 0 Å². The zero-order valence-corrected chi connectivity index (χ0v) is 8.66. The van der Waals surface area contributed by atoms with Crippen LogP contribution in [0.5, 0.6) is 0 Å². The van der Waals surface area contributed by atoms with E-state index in [0.29, 0.717) is 0 Å². The maximum atomic E-state index is 11.1. The van der Waals surface area contributed by atoms with Gasteiger partial charge < -0.3 is 15.4 Å². The van der Waals surface area contributed by atoms with Crippen molar-refractivity contribution in [2.45, 2.75) is 12.5 Å². The second kappa shape index (κ2) is 3.35. The highest BCUT2D eigenvalue weighted by Gasteiger charge is 2.25. The molecule has 1 aliphatic rings. The molecule has 0 spiro atoms. The van der Waals surface area contributed by atoms with Gasteiger partial charge in [0.15, 0.2) is 0 Å². The summed E-state index contributed by atoms with van der Waals surface area (Å²) in [4.78, 5) is 14.2. The number of hydrogen-bond acceptors (Lipinski definition) is 2. The van der Waals surface area contributed by atoms with E-state index in [1.807, 2.05) is 18.3 Å². The summed E-state index contributed by atoms with van der Waals surface area (Å²) >= 11 is 0. The summed E-state index contributed by atoms with van der Waals surface area (Å²) in [5.41, 5.74) is 3.01. The zero-order valence-electron chi connectivity index (χ0n) is 8.66. The van der Waals surface area contributed by atoms with Crippen LogP contribution >= 0.6 is 0 Å². The minimum Gasteiger partial charge on any atom is -0.480 e. The Morgan fingerprint density at radius 2 is 2.31 bits per heavy atom. The Morgan fingerprint density at radius 1 is 1.44 bits per heavy atom. The summed E-state index contributed by atoms with van der Waals surface area (Å²) in [6.45, 7) is 0.722. The first-order valence-corrected chi connectivity index (χ1v) is 5.32. The van der Waals surface area contributed by atoms with Crippen LogP contribution in [0.2, 0.25) is 0 Å². The molecular formula is C12H12N2O2. The van der Waals surface area contributed by atoms with Gasteiger partial charge in [0.1, 0.15) is 6.04 Å². The number of aliphatic carboxylic acids is 1. The largest absolute Gasteiger partial charge is 0.480 e. The topological polar surface area (TPSA) is 65.1 Å². The lowest BCUT2D eigenvalue weighted by Gasteiger charge is -2.23. The summed E-state index contributed by atoms with van der Waals surface area (Å²) in [5.74, 6) is -0.813. The number of aromatic amines is 1. The zero-order chi connectivity index (χ0) is 11.1. The van der Waals surface area contributed by atoms with Crippen molar-refractivity contribution in [3.63, 3.8) is 0 Å². The summed E-state index contributed by atoms with van der Waals surface area (Å²) in [6, 6.07) is 5.46. The Kier molecular flexibility index (Phi) is 1.97. The second-order valence-electron chi connectivity index (χ2n) is 4.09. The molecule has 4 heteroatoms. The summed E-state index contributed by atoms with van der Waals surface area (Å²) in [7, 11) is 0. The lowest BCUT2D eigenvalue weighted by atomic mass is 9.93. The number of H-pyrrole nitrogens is 1. The van der Waals surface area contributed by atoms with E-state index in [9.17, 15) is 4.79 Å². The van der Waals surface area contributed by atoms with Crippen LogP contribution in [-0.4, -0.2) is 22.6 Å². The van der Waals surface area contributed by atoms with Crippen LogP contribution in [0, 0.1) is 0 Å². The highest BCUT2D eigenvalue weighted by atomic mass is 16.4. The van der Waals surface area contributed by atoms with Gasteiger partial charge in [-0.2, -0.15) is 0 Å². The highest BCUT2D eigenvalue weighted by molar-refractivity contribution is 5.84. The summed E-state index contributed by atoms with van der Waals surface area (Å²) in [6.07, 6.45) is 2.76. The van der Waals surface area contributed by atoms with Gasteiger partial charge in [-0.05, 0) is 41.1 Å². The SMILES string of the molecule is O=C(O)C1NCCc2cc3cc[nH]c3cc21. The Bertz CT molecular complexity index is 559. The van der Waals surface area contributed by atoms with Crippen molar-refractivity contribution >= 4 is 16.9 Å². The van der Waals surface area contributed by atoms with Crippen LogP contribution in [0.15, 0.2) is 24.4 Å². The van der Waals surface area contributed by atoms with Crippen LogP contribution in [-0.2, 0) is 11.2 Å². The van der Waals surface area contributed by atoms with E-state index < -0.39 is 12.0 Å². The maximum Gasteiger partial charge on any atom is 0.325 e. The van der Waals surface area contributed by atoms with Crippen molar-refractivity contribution < 1.29 is 9.90 Å². The normalized spacial score (nSPS) is 19.6.